The molecule has 0 aromatic carbocycles. The topological polar surface area (TPSA) is 74.6 Å². The van der Waals surface area contributed by atoms with Crippen LogP contribution < -0.4 is 0 Å². The largest absolute Gasteiger partial charge is 0.481 e. The van der Waals surface area contributed by atoms with Gasteiger partial charge in [0.05, 0.1) is 6.61 Å². The third-order valence-corrected chi connectivity index (χ3v) is 7.73. The lowest BCUT2D eigenvalue weighted by atomic mass is 9.48. The van der Waals surface area contributed by atoms with E-state index < -0.39 is 5.97 Å². The molecule has 0 heterocycles. The molecule has 0 bridgehead atoms. The predicted octanol–water partition coefficient (Wildman–Crippen LogP) is 3.97. The number of carboxylic acid groups (broad SMARTS) is 1. The Hall–Kier alpha value is -1.16. The molecule has 0 aliphatic heterocycles. The quantitative estimate of drug-likeness (QED) is 0.703. The van der Waals surface area contributed by atoms with Crippen LogP contribution in [0.2, 0.25) is 0 Å². The smallest absolute Gasteiger partial charge is 0.300 e. The van der Waals surface area contributed by atoms with Crippen molar-refractivity contribution in [2.24, 2.45) is 28.6 Å². The minimum atomic E-state index is -0.833. The van der Waals surface area contributed by atoms with E-state index in [0.717, 1.165) is 39.0 Å². The fourth-order valence-electron chi connectivity index (χ4n) is 6.54. The number of aliphatic carboxylic acids is 1. The molecule has 4 rings (SSSR count). The van der Waals surface area contributed by atoms with Gasteiger partial charge in [-0.15, -0.1) is 0 Å². The van der Waals surface area contributed by atoms with E-state index in [0.29, 0.717) is 30.1 Å². The summed E-state index contributed by atoms with van der Waals surface area (Å²) in [6.45, 7) is 3.65. The molecule has 3 saturated carbocycles. The summed E-state index contributed by atoms with van der Waals surface area (Å²) in [5.74, 6) is 1.53. The van der Waals surface area contributed by atoms with Crippen molar-refractivity contribution < 1.29 is 19.8 Å². The number of hydrogen-bond acceptors (Lipinski definition) is 3. The van der Waals surface area contributed by atoms with Crippen LogP contribution in [0.4, 0.5) is 0 Å². The van der Waals surface area contributed by atoms with Gasteiger partial charge in [-0.2, -0.15) is 0 Å². The Morgan fingerprint density at radius 1 is 1.20 bits per heavy atom. The fraction of sp³-hybridized carbons (Fsp3) is 0.810. The molecule has 25 heavy (non-hydrogen) atoms. The Morgan fingerprint density at radius 2 is 1.92 bits per heavy atom. The van der Waals surface area contributed by atoms with Crippen LogP contribution in [0.5, 0.6) is 0 Å². The normalized spacial score (nSPS) is 42.3. The lowest BCUT2D eigenvalue weighted by Crippen LogP contribution is -2.52. The number of carbonyl (C=O) groups is 2. The average molecular weight is 348 g/mol. The summed E-state index contributed by atoms with van der Waals surface area (Å²) < 4.78 is 0. The van der Waals surface area contributed by atoms with Gasteiger partial charge in [0.2, 0.25) is 0 Å². The minimum absolute atomic E-state index is 0.0438. The van der Waals surface area contributed by atoms with E-state index in [1.807, 2.05) is 0 Å². The lowest BCUT2D eigenvalue weighted by Gasteiger charge is -2.57. The number of carboxylic acids is 1. The van der Waals surface area contributed by atoms with Crippen LogP contribution in [-0.2, 0) is 9.59 Å². The van der Waals surface area contributed by atoms with Gasteiger partial charge in [-0.25, -0.2) is 0 Å². The summed E-state index contributed by atoms with van der Waals surface area (Å²) >= 11 is 0. The maximum absolute atomic E-state index is 12.4. The van der Waals surface area contributed by atoms with Gasteiger partial charge in [-0.05, 0) is 62.7 Å². The number of carbonyl (C=O) groups excluding carboxylic acids is 1. The zero-order valence-electron chi connectivity index (χ0n) is 15.6. The van der Waals surface area contributed by atoms with E-state index >= 15 is 0 Å². The van der Waals surface area contributed by atoms with Gasteiger partial charge in [0.1, 0.15) is 5.78 Å². The number of ketones is 1. The molecule has 0 radical (unpaired) electrons. The summed E-state index contributed by atoms with van der Waals surface area (Å²) in [6.07, 6.45) is 12.7. The molecule has 3 fully saturated rings. The molecule has 4 nitrogen and oxygen atoms in total. The third-order valence-electron chi connectivity index (χ3n) is 7.73. The van der Waals surface area contributed by atoms with E-state index in [1.54, 1.807) is 5.57 Å². The lowest BCUT2D eigenvalue weighted by molar-refractivity contribution is -0.134. The first-order valence-electron chi connectivity index (χ1n) is 9.88. The van der Waals surface area contributed by atoms with Gasteiger partial charge in [0, 0.05) is 24.2 Å². The molecular weight excluding hydrogens is 316 g/mol. The highest BCUT2D eigenvalue weighted by molar-refractivity contribution is 5.87. The summed E-state index contributed by atoms with van der Waals surface area (Å²) in [4.78, 5) is 21.4. The highest BCUT2D eigenvalue weighted by atomic mass is 16.4. The van der Waals surface area contributed by atoms with E-state index in [-0.39, 0.29) is 10.8 Å². The van der Waals surface area contributed by atoms with Crippen LogP contribution >= 0.6 is 0 Å². The number of allylic oxidation sites excluding steroid dienone is 1. The van der Waals surface area contributed by atoms with E-state index in [4.69, 9.17) is 9.90 Å². The maximum atomic E-state index is 12.4. The summed E-state index contributed by atoms with van der Waals surface area (Å²) in [6, 6.07) is 0. The molecule has 0 aromatic rings. The van der Waals surface area contributed by atoms with Crippen LogP contribution in [0.3, 0.4) is 0 Å². The van der Waals surface area contributed by atoms with Crippen LogP contribution in [0, 0.1) is 28.6 Å². The van der Waals surface area contributed by atoms with E-state index in [1.165, 1.54) is 25.7 Å². The van der Waals surface area contributed by atoms with E-state index in [9.17, 15) is 9.90 Å². The minimum Gasteiger partial charge on any atom is -0.481 e. The Morgan fingerprint density at radius 3 is 2.60 bits per heavy atom. The second-order valence-corrected chi connectivity index (χ2v) is 8.80. The highest BCUT2D eigenvalue weighted by Gasteiger charge is 2.59. The molecular formula is C21H32O4. The van der Waals surface area contributed by atoms with E-state index in [2.05, 4.69) is 13.0 Å². The van der Waals surface area contributed by atoms with Crippen molar-refractivity contribution in [1.82, 2.24) is 0 Å². The van der Waals surface area contributed by atoms with Crippen molar-refractivity contribution in [2.75, 3.05) is 6.61 Å². The number of fused-ring (bicyclic) bond motifs is 5. The number of aliphatic hydroxyl groups is 1. The second-order valence-electron chi connectivity index (χ2n) is 8.80. The van der Waals surface area contributed by atoms with Crippen molar-refractivity contribution in [3.63, 3.8) is 0 Å². The predicted molar refractivity (Wildman–Crippen MR) is 96.0 cm³/mol. The SMILES string of the molecule is CC(=O)O.C[C@]12CC[C@H]3[C@@H](CC=C4CCCC[C@@]43CO)[C@@H]1CCC2=O. The molecule has 0 amide bonds. The van der Waals surface area contributed by atoms with Crippen LogP contribution in [0.25, 0.3) is 0 Å². The third kappa shape index (κ3) is 2.97. The van der Waals surface area contributed by atoms with Gasteiger partial charge in [-0.1, -0.05) is 25.0 Å². The fourth-order valence-corrected chi connectivity index (χ4v) is 6.54. The number of Topliss-reactive ketones (excluding diaryl/α,β-unsaturated/α-hetero) is 1. The van der Waals surface area contributed by atoms with Crippen molar-refractivity contribution >= 4 is 11.8 Å². The zero-order chi connectivity index (χ0) is 18.2. The molecule has 5 atom stereocenters. The second kappa shape index (κ2) is 6.86. The maximum Gasteiger partial charge on any atom is 0.300 e. The summed E-state index contributed by atoms with van der Waals surface area (Å²) in [5, 5.41) is 17.7. The Labute approximate surface area is 150 Å². The number of aliphatic hydroxyl groups excluding tert-OH is 1. The molecule has 2 N–H and O–H groups in total. The average Bonchev–Trinajstić information content (AvgIpc) is 2.89. The number of rotatable bonds is 1. The van der Waals surface area contributed by atoms with Gasteiger partial charge >= 0.3 is 0 Å². The Bertz CT molecular complexity index is 576. The molecule has 0 saturated heterocycles. The monoisotopic (exact) mass is 348 g/mol. The molecule has 0 aromatic heterocycles. The standard InChI is InChI=1S/C19H28O2.C2H4O2/c1-18-11-9-16-14(15(18)7-8-17(18)21)6-5-13-4-2-3-10-19(13,16)12-20;1-2(3)4/h5,14-16,20H,2-4,6-12H2,1H3;1H3,(H,3,4)/t14-,15-,16-,18-,19+;/m0./s1. The van der Waals surface area contributed by atoms with Crippen LogP contribution in [-0.4, -0.2) is 28.6 Å². The van der Waals surface area contributed by atoms with Gasteiger partial charge in [-0.3, -0.25) is 9.59 Å². The summed E-state index contributed by atoms with van der Waals surface area (Å²) in [7, 11) is 0. The van der Waals surface area contributed by atoms with Gasteiger partial charge in [0.15, 0.2) is 0 Å². The van der Waals surface area contributed by atoms with Crippen molar-refractivity contribution in [3.05, 3.63) is 11.6 Å². The highest BCUT2D eigenvalue weighted by Crippen LogP contribution is 2.63. The van der Waals surface area contributed by atoms with Crippen molar-refractivity contribution in [1.29, 1.82) is 0 Å². The Kier molecular flexibility index (Phi) is 5.11. The Balaban J connectivity index is 0.000000415. The van der Waals surface area contributed by atoms with Gasteiger partial charge < -0.3 is 10.2 Å². The molecule has 4 heteroatoms. The summed E-state index contributed by atoms with van der Waals surface area (Å²) in [5.41, 5.74) is 1.59. The molecule has 4 aliphatic rings. The van der Waals surface area contributed by atoms with Gasteiger partial charge in [0.25, 0.3) is 5.97 Å². The van der Waals surface area contributed by atoms with Crippen molar-refractivity contribution in [3.8, 4) is 0 Å². The first kappa shape index (κ1) is 18.6. The van der Waals surface area contributed by atoms with Crippen LogP contribution in [0.15, 0.2) is 11.6 Å². The molecule has 140 valence electrons. The molecule has 0 spiro atoms. The first-order valence-corrected chi connectivity index (χ1v) is 9.88. The molecule has 4 aliphatic carbocycles. The van der Waals surface area contributed by atoms with Crippen LogP contribution in [0.1, 0.15) is 71.6 Å². The number of hydrogen-bond donors (Lipinski definition) is 2. The zero-order valence-corrected chi connectivity index (χ0v) is 15.6. The van der Waals surface area contributed by atoms with Crippen molar-refractivity contribution in [2.45, 2.75) is 71.6 Å². The first-order chi connectivity index (χ1) is 11.8. The molecule has 0 unspecified atom stereocenters.